The maximum Gasteiger partial charge on any atom is 0.315 e. The molecule has 2 atom stereocenters. The van der Waals surface area contributed by atoms with Crippen molar-refractivity contribution in [1.82, 2.24) is 20.8 Å². The van der Waals surface area contributed by atoms with Crippen LogP contribution in [0.3, 0.4) is 0 Å². The van der Waals surface area contributed by atoms with Gasteiger partial charge in [-0.1, -0.05) is 23.4 Å². The van der Waals surface area contributed by atoms with E-state index in [0.717, 1.165) is 5.56 Å². The number of aliphatic hydroxyl groups excluding tert-OH is 1. The Bertz CT molecular complexity index is 598. The maximum atomic E-state index is 11.7. The van der Waals surface area contributed by atoms with Crippen LogP contribution >= 0.6 is 0 Å². The summed E-state index contributed by atoms with van der Waals surface area (Å²) in [5.41, 5.74) is 0.829. The highest BCUT2D eigenvalue weighted by Crippen LogP contribution is 2.18. The molecule has 3 N–H and O–H groups in total. The number of hydrogen-bond acceptors (Lipinski definition) is 5. The number of hydrogen-bond donors (Lipinski definition) is 3. The number of nitrogens with zero attached hydrogens (tertiary/aromatic N) is 2. The second-order valence-corrected chi connectivity index (χ2v) is 5.08. The first-order valence-electron chi connectivity index (χ1n) is 7.17. The average Bonchev–Trinajstić information content (AvgIpc) is 2.97. The lowest BCUT2D eigenvalue weighted by Crippen LogP contribution is -2.38. The Morgan fingerprint density at radius 2 is 2.05 bits per heavy atom. The van der Waals surface area contributed by atoms with Crippen molar-refractivity contribution in [1.29, 1.82) is 0 Å². The zero-order chi connectivity index (χ0) is 15.9. The minimum atomic E-state index is -0.441. The zero-order valence-corrected chi connectivity index (χ0v) is 12.6. The second-order valence-electron chi connectivity index (χ2n) is 5.08. The molecule has 2 amide bonds. The van der Waals surface area contributed by atoms with Crippen molar-refractivity contribution in [2.45, 2.75) is 32.4 Å². The van der Waals surface area contributed by atoms with Crippen molar-refractivity contribution >= 4 is 6.03 Å². The van der Waals surface area contributed by atoms with Gasteiger partial charge in [-0.2, -0.15) is 4.98 Å². The monoisotopic (exact) mass is 304 g/mol. The highest BCUT2D eigenvalue weighted by molar-refractivity contribution is 5.74. The molecule has 7 nitrogen and oxygen atoms in total. The minimum Gasteiger partial charge on any atom is -0.393 e. The Balaban J connectivity index is 1.89. The average molecular weight is 304 g/mol. The third kappa shape index (κ3) is 4.56. The van der Waals surface area contributed by atoms with Crippen LogP contribution in [-0.4, -0.2) is 33.9 Å². The molecule has 0 bridgehead atoms. The standard InChI is InChI=1S/C15H20N4O3/c1-10(20)8-9-16-15(21)17-11(2)13-18-14(22-19-13)12-6-4-3-5-7-12/h3-7,10-11,20H,8-9H2,1-2H3,(H2,16,17,21). The molecule has 2 rings (SSSR count). The van der Waals surface area contributed by atoms with Crippen molar-refractivity contribution in [3.05, 3.63) is 36.2 Å². The van der Waals surface area contributed by atoms with E-state index in [2.05, 4.69) is 20.8 Å². The van der Waals surface area contributed by atoms with Crippen molar-refractivity contribution in [2.24, 2.45) is 0 Å². The molecule has 1 aromatic heterocycles. The smallest absolute Gasteiger partial charge is 0.315 e. The van der Waals surface area contributed by atoms with Crippen LogP contribution < -0.4 is 10.6 Å². The summed E-state index contributed by atoms with van der Waals surface area (Å²) in [7, 11) is 0. The van der Waals surface area contributed by atoms with Gasteiger partial charge in [0.15, 0.2) is 5.82 Å². The number of aliphatic hydroxyl groups is 1. The normalized spacial score (nSPS) is 13.4. The third-order valence-electron chi connectivity index (χ3n) is 3.05. The van der Waals surface area contributed by atoms with Crippen LogP contribution in [0, 0.1) is 0 Å². The number of urea groups is 1. The lowest BCUT2D eigenvalue weighted by atomic mass is 10.2. The second kappa shape index (κ2) is 7.56. The van der Waals surface area contributed by atoms with Gasteiger partial charge in [-0.05, 0) is 32.4 Å². The summed E-state index contributed by atoms with van der Waals surface area (Å²) in [6, 6.07) is 8.71. The molecule has 0 radical (unpaired) electrons. The molecule has 0 saturated carbocycles. The van der Waals surface area contributed by atoms with Crippen LogP contribution in [0.15, 0.2) is 34.9 Å². The van der Waals surface area contributed by atoms with Crippen molar-refractivity contribution in [3.8, 4) is 11.5 Å². The third-order valence-corrected chi connectivity index (χ3v) is 3.05. The number of benzene rings is 1. The fourth-order valence-electron chi connectivity index (χ4n) is 1.82. The Labute approximate surface area is 128 Å². The summed E-state index contributed by atoms with van der Waals surface area (Å²) in [6.45, 7) is 3.85. The van der Waals surface area contributed by atoms with Gasteiger partial charge in [-0.3, -0.25) is 0 Å². The van der Waals surface area contributed by atoms with E-state index in [9.17, 15) is 4.79 Å². The summed E-state index contributed by atoms with van der Waals surface area (Å²) in [5, 5.41) is 18.4. The molecule has 0 spiro atoms. The van der Waals surface area contributed by atoms with E-state index in [1.165, 1.54) is 0 Å². The van der Waals surface area contributed by atoms with Gasteiger partial charge in [0.25, 0.3) is 5.89 Å². The number of amides is 2. The van der Waals surface area contributed by atoms with Crippen molar-refractivity contribution in [2.75, 3.05) is 6.54 Å². The van der Waals surface area contributed by atoms with Gasteiger partial charge in [0.1, 0.15) is 0 Å². The molecule has 0 saturated heterocycles. The largest absolute Gasteiger partial charge is 0.393 e. The SMILES string of the molecule is CC(O)CCNC(=O)NC(C)c1noc(-c2ccccc2)n1. The topological polar surface area (TPSA) is 100 Å². The lowest BCUT2D eigenvalue weighted by Gasteiger charge is -2.11. The maximum absolute atomic E-state index is 11.7. The minimum absolute atomic E-state index is 0.334. The van der Waals surface area contributed by atoms with Crippen LogP contribution in [0.2, 0.25) is 0 Å². The summed E-state index contributed by atoms with van der Waals surface area (Å²) < 4.78 is 5.20. The van der Waals surface area contributed by atoms with Gasteiger partial charge in [-0.15, -0.1) is 0 Å². The number of nitrogens with one attached hydrogen (secondary N) is 2. The molecule has 0 aliphatic carbocycles. The molecule has 0 aliphatic heterocycles. The fourth-order valence-corrected chi connectivity index (χ4v) is 1.82. The molecule has 0 fully saturated rings. The molecule has 1 heterocycles. The first-order chi connectivity index (χ1) is 10.6. The molecule has 0 aliphatic rings. The van der Waals surface area contributed by atoms with Crippen LogP contribution in [0.5, 0.6) is 0 Å². The Kier molecular flexibility index (Phi) is 5.48. The molecule has 2 aromatic rings. The molecule has 118 valence electrons. The van der Waals surface area contributed by atoms with Gasteiger partial charge >= 0.3 is 6.03 Å². The van der Waals surface area contributed by atoms with E-state index in [1.807, 2.05) is 30.3 Å². The van der Waals surface area contributed by atoms with E-state index >= 15 is 0 Å². The summed E-state index contributed by atoms with van der Waals surface area (Å²) in [4.78, 5) is 16.0. The van der Waals surface area contributed by atoms with Gasteiger partial charge in [0.2, 0.25) is 0 Å². The predicted octanol–water partition coefficient (Wildman–Crippen LogP) is 1.87. The van der Waals surface area contributed by atoms with Crippen molar-refractivity contribution < 1.29 is 14.4 Å². The molecular weight excluding hydrogens is 284 g/mol. The van der Waals surface area contributed by atoms with Crippen LogP contribution in [0.4, 0.5) is 4.79 Å². The number of rotatable bonds is 6. The lowest BCUT2D eigenvalue weighted by molar-refractivity contribution is 0.183. The van der Waals surface area contributed by atoms with E-state index in [1.54, 1.807) is 13.8 Å². The van der Waals surface area contributed by atoms with Crippen LogP contribution in [-0.2, 0) is 0 Å². The fraction of sp³-hybridized carbons (Fsp3) is 0.400. The zero-order valence-electron chi connectivity index (χ0n) is 12.6. The van der Waals surface area contributed by atoms with E-state index in [-0.39, 0.29) is 12.1 Å². The summed E-state index contributed by atoms with van der Waals surface area (Å²) >= 11 is 0. The quantitative estimate of drug-likeness (QED) is 0.756. The van der Waals surface area contributed by atoms with Gasteiger partial charge in [0.05, 0.1) is 12.1 Å². The van der Waals surface area contributed by atoms with Gasteiger partial charge in [-0.25, -0.2) is 4.79 Å². The molecule has 2 unspecified atom stereocenters. The Morgan fingerprint density at radius 1 is 1.32 bits per heavy atom. The van der Waals surface area contributed by atoms with E-state index < -0.39 is 6.10 Å². The first-order valence-corrected chi connectivity index (χ1v) is 7.17. The van der Waals surface area contributed by atoms with Gasteiger partial charge in [0, 0.05) is 12.1 Å². The van der Waals surface area contributed by atoms with E-state index in [4.69, 9.17) is 9.63 Å². The Hall–Kier alpha value is -2.41. The summed E-state index contributed by atoms with van der Waals surface area (Å²) in [5.74, 6) is 0.822. The van der Waals surface area contributed by atoms with Gasteiger partial charge < -0.3 is 20.3 Å². The predicted molar refractivity (Wildman–Crippen MR) is 81.0 cm³/mol. The highest BCUT2D eigenvalue weighted by Gasteiger charge is 2.16. The highest BCUT2D eigenvalue weighted by atomic mass is 16.5. The van der Waals surface area contributed by atoms with E-state index in [0.29, 0.717) is 24.7 Å². The van der Waals surface area contributed by atoms with Crippen molar-refractivity contribution in [3.63, 3.8) is 0 Å². The molecule has 1 aromatic carbocycles. The summed E-state index contributed by atoms with van der Waals surface area (Å²) in [6.07, 6.45) is 0.0608. The molecule has 7 heteroatoms. The number of carbonyl (C=O) groups is 1. The molecule has 22 heavy (non-hydrogen) atoms. The van der Waals surface area contributed by atoms with Crippen LogP contribution in [0.1, 0.15) is 32.1 Å². The Morgan fingerprint density at radius 3 is 2.73 bits per heavy atom. The molecular formula is C15H20N4O3. The number of carbonyl (C=O) groups excluding carboxylic acids is 1. The first kappa shape index (κ1) is 16.0. The van der Waals surface area contributed by atoms with Crippen LogP contribution in [0.25, 0.3) is 11.5 Å². The number of aromatic nitrogens is 2.